The number of unbranched alkanes of at least 4 members (excludes halogenated alkanes) is 2. The number of sulfonamides is 1. The number of halogens is 1. The first-order valence-corrected chi connectivity index (χ1v) is 11.0. The van der Waals surface area contributed by atoms with Gasteiger partial charge in [-0.3, -0.25) is 0 Å². The van der Waals surface area contributed by atoms with Gasteiger partial charge in [-0.25, -0.2) is 8.42 Å². The molecular formula is C18H28BrNO3S. The molecule has 24 heavy (non-hydrogen) atoms. The van der Waals surface area contributed by atoms with Crippen molar-refractivity contribution < 1.29 is 13.2 Å². The second kappa shape index (κ2) is 8.68. The molecule has 2 rings (SSSR count). The van der Waals surface area contributed by atoms with Crippen molar-refractivity contribution in [3.8, 4) is 5.75 Å². The summed E-state index contributed by atoms with van der Waals surface area (Å²) in [7, 11) is -3.47. The summed E-state index contributed by atoms with van der Waals surface area (Å²) in [4.78, 5) is 0.317. The van der Waals surface area contributed by atoms with E-state index in [1.807, 2.05) is 0 Å². The normalized spacial score (nSPS) is 22.5. The highest BCUT2D eigenvalue weighted by Crippen LogP contribution is 2.32. The number of benzene rings is 1. The van der Waals surface area contributed by atoms with Gasteiger partial charge in [-0.2, -0.15) is 4.31 Å². The molecule has 0 amide bonds. The molecular weight excluding hydrogens is 390 g/mol. The lowest BCUT2D eigenvalue weighted by atomic mass is 9.94. The van der Waals surface area contributed by atoms with Gasteiger partial charge in [0, 0.05) is 19.2 Å². The van der Waals surface area contributed by atoms with Crippen molar-refractivity contribution in [3.63, 3.8) is 0 Å². The van der Waals surface area contributed by atoms with Crippen molar-refractivity contribution in [2.24, 2.45) is 11.8 Å². The lowest BCUT2D eigenvalue weighted by Crippen LogP contribution is -2.42. The molecule has 2 unspecified atom stereocenters. The fraction of sp³-hybridized carbons (Fsp3) is 0.667. The molecule has 4 nitrogen and oxygen atoms in total. The molecule has 0 aromatic heterocycles. The largest absolute Gasteiger partial charge is 0.492 e. The number of hydrogen-bond acceptors (Lipinski definition) is 3. The number of piperidine rings is 1. The predicted molar refractivity (Wildman–Crippen MR) is 101 cm³/mol. The Balaban J connectivity index is 2.17. The molecule has 1 heterocycles. The smallest absolute Gasteiger partial charge is 0.243 e. The molecule has 1 fully saturated rings. The Kier molecular flexibility index (Phi) is 7.13. The Morgan fingerprint density at radius 1 is 1.21 bits per heavy atom. The zero-order chi connectivity index (χ0) is 17.7. The summed E-state index contributed by atoms with van der Waals surface area (Å²) >= 11 is 3.45. The van der Waals surface area contributed by atoms with Crippen LogP contribution in [0.2, 0.25) is 0 Å². The first-order chi connectivity index (χ1) is 11.3. The minimum atomic E-state index is -3.47. The van der Waals surface area contributed by atoms with Crippen LogP contribution in [-0.4, -0.2) is 32.4 Å². The summed E-state index contributed by atoms with van der Waals surface area (Å²) in [6, 6.07) is 5.07. The van der Waals surface area contributed by atoms with E-state index < -0.39 is 10.0 Å². The molecule has 136 valence electrons. The van der Waals surface area contributed by atoms with Crippen molar-refractivity contribution >= 4 is 26.0 Å². The highest BCUT2D eigenvalue weighted by Gasteiger charge is 2.32. The third-order valence-corrected chi connectivity index (χ3v) is 6.86. The Labute approximate surface area is 154 Å². The molecule has 1 aliphatic rings. The molecule has 2 atom stereocenters. The van der Waals surface area contributed by atoms with Gasteiger partial charge in [0.15, 0.2) is 0 Å². The van der Waals surface area contributed by atoms with Gasteiger partial charge in [0.25, 0.3) is 0 Å². The van der Waals surface area contributed by atoms with E-state index in [1.54, 1.807) is 22.5 Å². The van der Waals surface area contributed by atoms with E-state index in [0.29, 0.717) is 42.2 Å². The maximum Gasteiger partial charge on any atom is 0.243 e. The van der Waals surface area contributed by atoms with Gasteiger partial charge in [-0.1, -0.05) is 33.6 Å². The van der Waals surface area contributed by atoms with Crippen LogP contribution in [0.1, 0.15) is 46.5 Å². The van der Waals surface area contributed by atoms with Crippen molar-refractivity contribution in [1.82, 2.24) is 4.31 Å². The van der Waals surface area contributed by atoms with Crippen LogP contribution in [0.15, 0.2) is 27.6 Å². The quantitative estimate of drug-likeness (QED) is 0.604. The second-order valence-corrected chi connectivity index (χ2v) is 9.71. The summed E-state index contributed by atoms with van der Waals surface area (Å²) in [5, 5.41) is 0. The second-order valence-electron chi connectivity index (χ2n) is 6.92. The Bertz CT molecular complexity index is 638. The molecule has 0 N–H and O–H groups in total. The number of nitrogens with zero attached hydrogens (tertiary/aromatic N) is 1. The molecule has 0 saturated carbocycles. The van der Waals surface area contributed by atoms with Crippen LogP contribution in [0.4, 0.5) is 0 Å². The first kappa shape index (κ1) is 19.7. The SMILES string of the molecule is CCCCCOc1cc(S(=O)(=O)N2CC(C)CC(C)C2)ccc1Br. The van der Waals surface area contributed by atoms with Crippen LogP contribution in [0.5, 0.6) is 5.75 Å². The maximum absolute atomic E-state index is 13.0. The fourth-order valence-corrected chi connectivity index (χ4v) is 5.30. The van der Waals surface area contributed by atoms with Crippen LogP contribution in [0.3, 0.4) is 0 Å². The van der Waals surface area contributed by atoms with Crippen LogP contribution in [0.25, 0.3) is 0 Å². The van der Waals surface area contributed by atoms with Gasteiger partial charge >= 0.3 is 0 Å². The predicted octanol–water partition coefficient (Wildman–Crippen LogP) is 4.68. The van der Waals surface area contributed by atoms with Crippen LogP contribution in [-0.2, 0) is 10.0 Å². The van der Waals surface area contributed by atoms with Gasteiger partial charge in [0.05, 0.1) is 16.0 Å². The molecule has 1 aromatic carbocycles. The number of hydrogen-bond donors (Lipinski definition) is 0. The van der Waals surface area contributed by atoms with E-state index in [9.17, 15) is 8.42 Å². The molecule has 0 bridgehead atoms. The zero-order valence-corrected chi connectivity index (χ0v) is 17.2. The Morgan fingerprint density at radius 2 is 1.88 bits per heavy atom. The molecule has 0 radical (unpaired) electrons. The van der Waals surface area contributed by atoms with Crippen LogP contribution < -0.4 is 4.74 Å². The van der Waals surface area contributed by atoms with E-state index in [2.05, 4.69) is 36.7 Å². The molecule has 1 saturated heterocycles. The van der Waals surface area contributed by atoms with E-state index in [0.717, 1.165) is 30.2 Å². The number of rotatable bonds is 7. The summed E-state index contributed by atoms with van der Waals surface area (Å²) < 4.78 is 34.1. The van der Waals surface area contributed by atoms with E-state index in [-0.39, 0.29) is 0 Å². The van der Waals surface area contributed by atoms with Crippen molar-refractivity contribution in [3.05, 3.63) is 22.7 Å². The molecule has 6 heteroatoms. The minimum Gasteiger partial charge on any atom is -0.492 e. The Morgan fingerprint density at radius 3 is 2.50 bits per heavy atom. The Hall–Kier alpha value is -0.590. The van der Waals surface area contributed by atoms with Gasteiger partial charge < -0.3 is 4.74 Å². The fourth-order valence-electron chi connectivity index (χ4n) is 3.24. The summed E-state index contributed by atoms with van der Waals surface area (Å²) in [5.41, 5.74) is 0. The maximum atomic E-state index is 13.0. The molecule has 0 spiro atoms. The van der Waals surface area contributed by atoms with Gasteiger partial charge in [0.1, 0.15) is 5.75 Å². The van der Waals surface area contributed by atoms with Crippen molar-refractivity contribution in [1.29, 1.82) is 0 Å². The summed E-state index contributed by atoms with van der Waals surface area (Å²) in [5.74, 6) is 1.39. The minimum absolute atomic E-state index is 0.317. The average molecular weight is 418 g/mol. The van der Waals surface area contributed by atoms with Crippen molar-refractivity contribution in [2.45, 2.75) is 51.3 Å². The summed E-state index contributed by atoms with van der Waals surface area (Å²) in [6.45, 7) is 8.16. The highest BCUT2D eigenvalue weighted by molar-refractivity contribution is 9.10. The molecule has 1 aliphatic heterocycles. The first-order valence-electron chi connectivity index (χ1n) is 8.77. The highest BCUT2D eigenvalue weighted by atomic mass is 79.9. The summed E-state index contributed by atoms with van der Waals surface area (Å²) in [6.07, 6.45) is 4.29. The average Bonchev–Trinajstić information content (AvgIpc) is 2.52. The van der Waals surface area contributed by atoms with E-state index >= 15 is 0 Å². The third-order valence-electron chi connectivity index (χ3n) is 4.38. The van der Waals surface area contributed by atoms with Crippen LogP contribution >= 0.6 is 15.9 Å². The monoisotopic (exact) mass is 417 g/mol. The van der Waals surface area contributed by atoms with Gasteiger partial charge in [-0.15, -0.1) is 0 Å². The molecule has 0 aliphatic carbocycles. The lowest BCUT2D eigenvalue weighted by Gasteiger charge is -2.34. The van der Waals surface area contributed by atoms with Gasteiger partial charge in [-0.05, 0) is 52.7 Å². The third kappa shape index (κ3) is 4.96. The number of ether oxygens (including phenoxy) is 1. The van der Waals surface area contributed by atoms with Crippen LogP contribution in [0, 0.1) is 11.8 Å². The van der Waals surface area contributed by atoms with Gasteiger partial charge in [0.2, 0.25) is 10.0 Å². The molecule has 1 aromatic rings. The standard InChI is InChI=1S/C18H28BrNO3S/c1-4-5-6-9-23-18-11-16(7-8-17(18)19)24(21,22)20-12-14(2)10-15(3)13-20/h7-8,11,14-15H,4-6,9-10,12-13H2,1-3H3. The van der Waals surface area contributed by atoms with E-state index in [4.69, 9.17) is 4.74 Å². The lowest BCUT2D eigenvalue weighted by molar-refractivity contribution is 0.222. The zero-order valence-electron chi connectivity index (χ0n) is 14.8. The van der Waals surface area contributed by atoms with Crippen molar-refractivity contribution in [2.75, 3.05) is 19.7 Å². The van der Waals surface area contributed by atoms with E-state index in [1.165, 1.54) is 0 Å². The topological polar surface area (TPSA) is 46.6 Å².